The van der Waals surface area contributed by atoms with E-state index in [1.807, 2.05) is 0 Å². The highest BCUT2D eigenvalue weighted by Gasteiger charge is 2.51. The van der Waals surface area contributed by atoms with E-state index in [0.29, 0.717) is 12.3 Å². The summed E-state index contributed by atoms with van der Waals surface area (Å²) in [6.07, 6.45) is 5.18. The van der Waals surface area contributed by atoms with Gasteiger partial charge in [0, 0.05) is 5.54 Å². The molecule has 2 bridgehead atoms. The van der Waals surface area contributed by atoms with E-state index in [0.717, 1.165) is 18.9 Å². The molecule has 0 radical (unpaired) electrons. The van der Waals surface area contributed by atoms with Gasteiger partial charge in [0.05, 0.1) is 6.42 Å². The molecule has 80 valence electrons. The van der Waals surface area contributed by atoms with Crippen molar-refractivity contribution in [1.82, 2.24) is 5.32 Å². The minimum atomic E-state index is -0.654. The molecule has 0 aliphatic heterocycles. The molecular weight excluding hydrogens is 178 g/mol. The van der Waals surface area contributed by atoms with Gasteiger partial charge in [-0.2, -0.15) is 0 Å². The van der Waals surface area contributed by atoms with Crippen LogP contribution in [0.2, 0.25) is 0 Å². The van der Waals surface area contributed by atoms with Crippen LogP contribution in [0.15, 0.2) is 0 Å². The van der Waals surface area contributed by atoms with Gasteiger partial charge in [-0.05, 0) is 37.6 Å². The molecule has 0 aromatic heterocycles. The Morgan fingerprint density at radius 3 is 2.79 bits per heavy atom. The maximum Gasteiger partial charge on any atom is 0.305 e. The molecule has 2 rings (SSSR count). The van der Waals surface area contributed by atoms with Gasteiger partial charge in [-0.15, -0.1) is 0 Å². The van der Waals surface area contributed by atoms with E-state index in [9.17, 15) is 4.79 Å². The van der Waals surface area contributed by atoms with Crippen LogP contribution in [0, 0.1) is 11.8 Å². The molecule has 2 aliphatic carbocycles. The number of aliphatic carboxylic acids is 1. The number of carboxylic acids is 1. The van der Waals surface area contributed by atoms with Gasteiger partial charge in [-0.25, -0.2) is 0 Å². The summed E-state index contributed by atoms with van der Waals surface area (Å²) in [5, 5.41) is 12.4. The largest absolute Gasteiger partial charge is 0.481 e. The van der Waals surface area contributed by atoms with Crippen LogP contribution in [0.5, 0.6) is 0 Å². The summed E-state index contributed by atoms with van der Waals surface area (Å²) in [5.74, 6) is 0.750. The first-order chi connectivity index (χ1) is 6.66. The molecule has 0 heterocycles. The smallest absolute Gasteiger partial charge is 0.305 e. The molecule has 2 fully saturated rings. The van der Waals surface area contributed by atoms with Gasteiger partial charge in [-0.1, -0.05) is 13.3 Å². The second-order valence-electron chi connectivity index (χ2n) is 4.84. The SMILES string of the molecule is CCNC1(CC(=O)O)CC2CCC1C2. The molecule has 0 saturated heterocycles. The van der Waals surface area contributed by atoms with Crippen LogP contribution in [-0.4, -0.2) is 23.2 Å². The predicted molar refractivity (Wildman–Crippen MR) is 54.1 cm³/mol. The molecule has 0 aromatic rings. The van der Waals surface area contributed by atoms with E-state index in [-0.39, 0.29) is 5.54 Å². The molecule has 3 atom stereocenters. The van der Waals surface area contributed by atoms with Gasteiger partial charge in [0.25, 0.3) is 0 Å². The Labute approximate surface area is 84.9 Å². The number of carboxylic acid groups (broad SMARTS) is 1. The van der Waals surface area contributed by atoms with Crippen molar-refractivity contribution in [3.63, 3.8) is 0 Å². The lowest BCUT2D eigenvalue weighted by atomic mass is 9.78. The van der Waals surface area contributed by atoms with Gasteiger partial charge in [-0.3, -0.25) is 4.79 Å². The Hall–Kier alpha value is -0.570. The molecule has 0 amide bonds. The molecular formula is C11H19NO2. The van der Waals surface area contributed by atoms with Crippen molar-refractivity contribution in [3.05, 3.63) is 0 Å². The molecule has 3 unspecified atom stereocenters. The Morgan fingerprint density at radius 2 is 2.36 bits per heavy atom. The molecule has 0 aromatic carbocycles. The summed E-state index contributed by atoms with van der Waals surface area (Å²) in [6, 6.07) is 0. The maximum absolute atomic E-state index is 10.9. The van der Waals surface area contributed by atoms with Crippen LogP contribution >= 0.6 is 0 Å². The minimum absolute atomic E-state index is 0.0660. The summed E-state index contributed by atoms with van der Waals surface area (Å²) in [7, 11) is 0. The van der Waals surface area contributed by atoms with E-state index in [1.165, 1.54) is 19.3 Å². The highest BCUT2D eigenvalue weighted by atomic mass is 16.4. The molecule has 3 nitrogen and oxygen atoms in total. The lowest BCUT2D eigenvalue weighted by molar-refractivity contribution is -0.139. The summed E-state index contributed by atoms with van der Waals surface area (Å²) in [5.41, 5.74) is -0.0660. The van der Waals surface area contributed by atoms with E-state index < -0.39 is 5.97 Å². The lowest BCUT2D eigenvalue weighted by Crippen LogP contribution is -2.50. The molecule has 3 heteroatoms. The average Bonchev–Trinajstić information content (AvgIpc) is 2.62. The van der Waals surface area contributed by atoms with Crippen LogP contribution in [0.4, 0.5) is 0 Å². The quantitative estimate of drug-likeness (QED) is 0.720. The number of fused-ring (bicyclic) bond motifs is 2. The Morgan fingerprint density at radius 1 is 1.57 bits per heavy atom. The lowest BCUT2D eigenvalue weighted by Gasteiger charge is -2.37. The first-order valence-corrected chi connectivity index (χ1v) is 5.63. The summed E-state index contributed by atoms with van der Waals surface area (Å²) in [4.78, 5) is 10.9. The third kappa shape index (κ3) is 1.54. The van der Waals surface area contributed by atoms with Crippen molar-refractivity contribution in [1.29, 1.82) is 0 Å². The maximum atomic E-state index is 10.9. The Balaban J connectivity index is 2.10. The first-order valence-electron chi connectivity index (χ1n) is 5.63. The molecule has 14 heavy (non-hydrogen) atoms. The van der Waals surface area contributed by atoms with Gasteiger partial charge in [0.15, 0.2) is 0 Å². The summed E-state index contributed by atoms with van der Waals surface area (Å²) in [6.45, 7) is 2.95. The number of hydrogen-bond donors (Lipinski definition) is 2. The highest BCUT2D eigenvalue weighted by molar-refractivity contribution is 5.68. The molecule has 0 spiro atoms. The van der Waals surface area contributed by atoms with Gasteiger partial charge in [0.1, 0.15) is 0 Å². The third-order valence-electron chi connectivity index (χ3n) is 3.97. The van der Waals surface area contributed by atoms with Crippen LogP contribution in [-0.2, 0) is 4.79 Å². The van der Waals surface area contributed by atoms with E-state index in [2.05, 4.69) is 12.2 Å². The van der Waals surface area contributed by atoms with Crippen molar-refractivity contribution >= 4 is 5.97 Å². The fourth-order valence-electron chi connectivity index (χ4n) is 3.56. The van der Waals surface area contributed by atoms with E-state index in [1.54, 1.807) is 0 Å². The number of rotatable bonds is 4. The normalized spacial score (nSPS) is 40.4. The zero-order valence-electron chi connectivity index (χ0n) is 8.75. The fraction of sp³-hybridized carbons (Fsp3) is 0.909. The van der Waals surface area contributed by atoms with E-state index >= 15 is 0 Å². The number of carbonyl (C=O) groups is 1. The van der Waals surface area contributed by atoms with Crippen LogP contribution in [0.1, 0.15) is 39.0 Å². The van der Waals surface area contributed by atoms with Crippen molar-refractivity contribution in [2.24, 2.45) is 11.8 Å². The Bertz CT molecular complexity index is 241. The van der Waals surface area contributed by atoms with Gasteiger partial charge in [0.2, 0.25) is 0 Å². The van der Waals surface area contributed by atoms with Gasteiger partial charge < -0.3 is 10.4 Å². The average molecular weight is 197 g/mol. The van der Waals surface area contributed by atoms with Crippen molar-refractivity contribution in [3.8, 4) is 0 Å². The monoisotopic (exact) mass is 197 g/mol. The Kier molecular flexibility index (Phi) is 2.52. The molecule has 2 aliphatic rings. The standard InChI is InChI=1S/C11H19NO2/c1-2-12-11(7-10(13)14)6-8-3-4-9(11)5-8/h8-9,12H,2-7H2,1H3,(H,13,14). The van der Waals surface area contributed by atoms with Crippen molar-refractivity contribution in [2.45, 2.75) is 44.6 Å². The predicted octanol–water partition coefficient (Wildman–Crippen LogP) is 1.63. The zero-order chi connectivity index (χ0) is 10.2. The molecule has 2 N–H and O–H groups in total. The first kappa shape index (κ1) is 9.97. The van der Waals surface area contributed by atoms with Gasteiger partial charge >= 0.3 is 5.97 Å². The van der Waals surface area contributed by atoms with E-state index in [4.69, 9.17) is 5.11 Å². The fourth-order valence-corrected chi connectivity index (χ4v) is 3.56. The van der Waals surface area contributed by atoms with Crippen LogP contribution in [0.25, 0.3) is 0 Å². The third-order valence-corrected chi connectivity index (χ3v) is 3.97. The second-order valence-corrected chi connectivity index (χ2v) is 4.84. The summed E-state index contributed by atoms with van der Waals surface area (Å²) >= 11 is 0. The zero-order valence-corrected chi connectivity index (χ0v) is 8.75. The minimum Gasteiger partial charge on any atom is -0.481 e. The molecule has 2 saturated carbocycles. The van der Waals surface area contributed by atoms with Crippen LogP contribution in [0.3, 0.4) is 0 Å². The number of nitrogens with one attached hydrogen (secondary N) is 1. The summed E-state index contributed by atoms with van der Waals surface area (Å²) < 4.78 is 0. The van der Waals surface area contributed by atoms with Crippen LogP contribution < -0.4 is 5.32 Å². The highest BCUT2D eigenvalue weighted by Crippen LogP contribution is 2.52. The van der Waals surface area contributed by atoms with Crippen molar-refractivity contribution < 1.29 is 9.90 Å². The van der Waals surface area contributed by atoms with Crippen molar-refractivity contribution in [2.75, 3.05) is 6.54 Å². The topological polar surface area (TPSA) is 49.3 Å². The second kappa shape index (κ2) is 3.54. The number of hydrogen-bond acceptors (Lipinski definition) is 2.